The van der Waals surface area contributed by atoms with Crippen LogP contribution in [0.1, 0.15) is 38.4 Å². The Bertz CT molecular complexity index is 1690. The van der Waals surface area contributed by atoms with Gasteiger partial charge in [0.1, 0.15) is 5.52 Å². The highest BCUT2D eigenvalue weighted by molar-refractivity contribution is 7.15. The number of fused-ring (bicyclic) bond motifs is 2. The second kappa shape index (κ2) is 7.92. The van der Waals surface area contributed by atoms with E-state index in [0.29, 0.717) is 11.5 Å². The number of thiophene rings is 1. The average Bonchev–Trinajstić information content (AvgIpc) is 3.55. The summed E-state index contributed by atoms with van der Waals surface area (Å²) in [7, 11) is 0. The predicted molar refractivity (Wildman–Crippen MR) is 136 cm³/mol. The van der Waals surface area contributed by atoms with Crippen LogP contribution in [-0.2, 0) is 0 Å². The van der Waals surface area contributed by atoms with Crippen LogP contribution in [0.3, 0.4) is 0 Å². The van der Waals surface area contributed by atoms with E-state index in [1.54, 1.807) is 6.92 Å². The smallest absolute Gasteiger partial charge is 0.169 e. The number of Topliss-reactive ketones (excluding diaryl/α,β-unsaturated/α-hetero) is 1. The van der Waals surface area contributed by atoms with Crippen molar-refractivity contribution in [2.75, 3.05) is 0 Å². The molecular formula is C27H19N5OS. The molecular weight excluding hydrogens is 442 g/mol. The number of carbonyl (C=O) groups is 1. The van der Waals surface area contributed by atoms with E-state index in [0.717, 1.165) is 54.6 Å². The fourth-order valence-corrected chi connectivity index (χ4v) is 5.02. The molecule has 0 atom stereocenters. The van der Waals surface area contributed by atoms with Gasteiger partial charge in [0.2, 0.25) is 0 Å². The molecule has 0 saturated carbocycles. The average molecular weight is 462 g/mol. The summed E-state index contributed by atoms with van der Waals surface area (Å²) < 4.78 is 0. The van der Waals surface area contributed by atoms with E-state index in [4.69, 9.17) is 9.97 Å². The molecule has 6 nitrogen and oxygen atoms in total. The number of carbonyl (C=O) groups excluding carboxylic acids is 1. The number of ketones is 1. The molecule has 34 heavy (non-hydrogen) atoms. The van der Waals surface area contributed by atoms with E-state index in [1.807, 2.05) is 54.6 Å². The molecule has 0 spiro atoms. The third-order valence-electron chi connectivity index (χ3n) is 5.83. The van der Waals surface area contributed by atoms with Crippen LogP contribution >= 0.6 is 11.3 Å². The van der Waals surface area contributed by atoms with Crippen LogP contribution in [0.15, 0.2) is 66.4 Å². The van der Waals surface area contributed by atoms with Gasteiger partial charge in [0, 0.05) is 22.1 Å². The maximum Gasteiger partial charge on any atom is 0.169 e. The van der Waals surface area contributed by atoms with Crippen molar-refractivity contribution in [1.82, 2.24) is 25.1 Å². The fourth-order valence-electron chi connectivity index (χ4n) is 4.10. The second-order valence-electron chi connectivity index (χ2n) is 8.11. The summed E-state index contributed by atoms with van der Waals surface area (Å²) >= 11 is 1.46. The minimum Gasteiger partial charge on any atom is -0.336 e. The first-order valence-corrected chi connectivity index (χ1v) is 11.7. The van der Waals surface area contributed by atoms with Crippen molar-refractivity contribution in [2.45, 2.75) is 13.8 Å². The van der Waals surface area contributed by atoms with Gasteiger partial charge < -0.3 is 4.98 Å². The van der Waals surface area contributed by atoms with Crippen molar-refractivity contribution in [3.05, 3.63) is 93.1 Å². The van der Waals surface area contributed by atoms with Crippen molar-refractivity contribution in [3.8, 4) is 22.8 Å². The minimum atomic E-state index is 0.0561. The Labute approximate surface area is 199 Å². The monoisotopic (exact) mass is 461 g/mol. The van der Waals surface area contributed by atoms with Crippen molar-refractivity contribution >= 4 is 39.8 Å². The van der Waals surface area contributed by atoms with Gasteiger partial charge >= 0.3 is 0 Å². The molecule has 1 aromatic carbocycles. The molecule has 6 rings (SSSR count). The maximum absolute atomic E-state index is 11.8. The highest BCUT2D eigenvalue weighted by Gasteiger charge is 2.21. The van der Waals surface area contributed by atoms with Crippen LogP contribution in [0.2, 0.25) is 0 Å². The lowest BCUT2D eigenvalue weighted by atomic mass is 10.1. The van der Waals surface area contributed by atoms with Gasteiger partial charge in [-0.3, -0.25) is 9.89 Å². The predicted octanol–water partition coefficient (Wildman–Crippen LogP) is 6.20. The molecule has 1 aliphatic carbocycles. The van der Waals surface area contributed by atoms with Crippen molar-refractivity contribution in [3.63, 3.8) is 0 Å². The van der Waals surface area contributed by atoms with Gasteiger partial charge in [-0.1, -0.05) is 24.3 Å². The highest BCUT2D eigenvalue weighted by atomic mass is 32.1. The summed E-state index contributed by atoms with van der Waals surface area (Å²) in [5, 5.41) is 7.61. The number of hydrogen-bond acceptors (Lipinski definition) is 5. The molecule has 1 aliphatic rings. The van der Waals surface area contributed by atoms with Gasteiger partial charge in [-0.2, -0.15) is 5.10 Å². The van der Waals surface area contributed by atoms with E-state index >= 15 is 0 Å². The van der Waals surface area contributed by atoms with Gasteiger partial charge in [0.15, 0.2) is 17.3 Å². The second-order valence-corrected chi connectivity index (χ2v) is 9.19. The van der Waals surface area contributed by atoms with Gasteiger partial charge in [-0.25, -0.2) is 9.97 Å². The van der Waals surface area contributed by atoms with Crippen LogP contribution in [0.4, 0.5) is 0 Å². The van der Waals surface area contributed by atoms with Crippen LogP contribution < -0.4 is 0 Å². The zero-order valence-electron chi connectivity index (χ0n) is 18.5. The molecule has 164 valence electrons. The summed E-state index contributed by atoms with van der Waals surface area (Å²) in [6, 6.07) is 16.0. The molecule has 0 fully saturated rings. The minimum absolute atomic E-state index is 0.0561. The number of benzene rings is 1. The molecule has 0 unspecified atom stereocenters. The third kappa shape index (κ3) is 3.35. The quantitative estimate of drug-likeness (QED) is 0.246. The van der Waals surface area contributed by atoms with E-state index in [1.165, 1.54) is 11.3 Å². The molecule has 5 aromatic rings. The number of nitrogens with zero attached hydrogens (tertiary/aromatic N) is 3. The largest absolute Gasteiger partial charge is 0.336 e. The fraction of sp³-hybridized carbons (Fsp3) is 0.0741. The number of hydrogen-bond donors (Lipinski definition) is 2. The molecule has 7 heteroatoms. The van der Waals surface area contributed by atoms with E-state index in [-0.39, 0.29) is 5.78 Å². The Morgan fingerprint density at radius 1 is 1.03 bits per heavy atom. The molecule has 4 heterocycles. The van der Waals surface area contributed by atoms with Gasteiger partial charge in [-0.15, -0.1) is 17.1 Å². The lowest BCUT2D eigenvalue weighted by molar-refractivity contribution is 0.102. The molecule has 0 saturated heterocycles. The van der Waals surface area contributed by atoms with Gasteiger partial charge in [-0.05, 0) is 55.8 Å². The zero-order valence-corrected chi connectivity index (χ0v) is 19.3. The lowest BCUT2D eigenvalue weighted by Crippen LogP contribution is -1.90. The Balaban J connectivity index is 1.47. The summed E-state index contributed by atoms with van der Waals surface area (Å²) in [6.45, 7) is 3.66. The number of allylic oxidation sites excluding steroid dienone is 2. The number of pyridine rings is 1. The lowest BCUT2D eigenvalue weighted by Gasteiger charge is -2.05. The highest BCUT2D eigenvalue weighted by Crippen LogP contribution is 2.35. The number of aromatic nitrogens is 5. The van der Waals surface area contributed by atoms with Crippen LogP contribution in [0, 0.1) is 6.92 Å². The summed E-state index contributed by atoms with van der Waals surface area (Å²) in [5.41, 5.74) is 11.1. The summed E-state index contributed by atoms with van der Waals surface area (Å²) in [5.74, 6) is 0.681. The molecule has 4 aromatic heterocycles. The first kappa shape index (κ1) is 20.3. The first-order chi connectivity index (χ1) is 16.6. The van der Waals surface area contributed by atoms with E-state index in [2.05, 4.69) is 40.0 Å². The number of aromatic amines is 2. The van der Waals surface area contributed by atoms with Crippen molar-refractivity contribution in [2.24, 2.45) is 0 Å². The number of rotatable bonds is 4. The number of imidazole rings is 1. The Morgan fingerprint density at radius 2 is 1.91 bits per heavy atom. The van der Waals surface area contributed by atoms with Gasteiger partial charge in [0.25, 0.3) is 0 Å². The first-order valence-electron chi connectivity index (χ1n) is 10.8. The molecule has 0 radical (unpaired) electrons. The Hall–Kier alpha value is -4.32. The molecule has 0 amide bonds. The Morgan fingerprint density at radius 3 is 2.74 bits per heavy atom. The van der Waals surface area contributed by atoms with Crippen LogP contribution in [0.5, 0.6) is 0 Å². The number of aryl methyl sites for hydroxylation is 1. The van der Waals surface area contributed by atoms with Crippen molar-refractivity contribution in [1.29, 1.82) is 0 Å². The zero-order chi connectivity index (χ0) is 23.2. The van der Waals surface area contributed by atoms with Crippen LogP contribution in [0.25, 0.3) is 45.5 Å². The van der Waals surface area contributed by atoms with Crippen molar-refractivity contribution < 1.29 is 4.79 Å². The third-order valence-corrected chi connectivity index (χ3v) is 7.05. The van der Waals surface area contributed by atoms with Crippen LogP contribution in [-0.4, -0.2) is 30.9 Å². The summed E-state index contributed by atoms with van der Waals surface area (Å²) in [4.78, 5) is 26.8. The summed E-state index contributed by atoms with van der Waals surface area (Å²) in [6.07, 6.45) is 5.70. The maximum atomic E-state index is 11.8. The standard InChI is InChI=1S/C27H19N5OS/c1-15-7-3-4-8-17(15)19-11-12-21-25(28-19)26(32-31-21)27-29-20-10-6-5-9-18(24(20)30-27)23-14-13-22(34-23)16(2)33/h3-5,7-14H,1-2H3,(H,29,30)(H,31,32). The van der Waals surface area contributed by atoms with Gasteiger partial charge in [0.05, 0.1) is 27.5 Å². The normalized spacial score (nSPS) is 12.6. The van der Waals surface area contributed by atoms with E-state index < -0.39 is 0 Å². The number of nitrogens with one attached hydrogen (secondary N) is 2. The molecule has 2 N–H and O–H groups in total. The van der Waals surface area contributed by atoms with E-state index in [9.17, 15) is 4.79 Å². The SMILES string of the molecule is CC(=O)c1ccc(C2=CC=C=Cc3[nH]c(-c4n[nH]c5ccc(-c6ccccc6C)nc45)nc32)s1. The topological polar surface area (TPSA) is 87.3 Å². The number of H-pyrrole nitrogens is 2. The molecule has 0 aliphatic heterocycles. The molecule has 0 bridgehead atoms. The Kier molecular flexibility index (Phi) is 4.73.